The minimum Gasteiger partial charge on any atom is -0.768 e. The summed E-state index contributed by atoms with van der Waals surface area (Å²) in [6.07, 6.45) is 5.54. The number of rotatable bonds is 8. The lowest BCUT2D eigenvalue weighted by Gasteiger charge is -2.17. The lowest BCUT2D eigenvalue weighted by atomic mass is 10.0. The molecule has 2 aromatic rings. The van der Waals surface area contributed by atoms with E-state index < -0.39 is 11.1 Å². The number of hydrogen-bond acceptors (Lipinski definition) is 3. The van der Waals surface area contributed by atoms with Crippen molar-refractivity contribution < 1.29 is 13.5 Å². The van der Waals surface area contributed by atoms with Crippen LogP contribution < -0.4 is 4.74 Å². The molecule has 0 bridgehead atoms. The van der Waals surface area contributed by atoms with Gasteiger partial charge in [0.05, 0.1) is 6.61 Å². The third-order valence-electron chi connectivity index (χ3n) is 3.98. The Kier molecular flexibility index (Phi) is 10.6. The van der Waals surface area contributed by atoms with Crippen LogP contribution in [0.15, 0.2) is 60.0 Å². The molecule has 1 unspecified atom stereocenters. The van der Waals surface area contributed by atoms with E-state index in [1.807, 2.05) is 25.1 Å². The van der Waals surface area contributed by atoms with E-state index in [1.165, 1.54) is 5.56 Å². The molecule has 3 nitrogen and oxygen atoms in total. The molecule has 0 aliphatic heterocycles. The van der Waals surface area contributed by atoms with Crippen LogP contribution >= 0.6 is 0 Å². The Labute approximate surface area is 160 Å². The molecule has 0 saturated heterocycles. The molecule has 1 atom stereocenters. The molecule has 0 aliphatic carbocycles. The number of allylic oxidation sites excluding steroid dienone is 1. The Hall–Kier alpha value is -1.91. The normalized spacial score (nSPS) is 11.2. The van der Waals surface area contributed by atoms with Gasteiger partial charge in [-0.3, -0.25) is 4.21 Å². The first-order valence-corrected chi connectivity index (χ1v) is 10.1. The summed E-state index contributed by atoms with van der Waals surface area (Å²) in [6.45, 7) is 10.5. The summed E-state index contributed by atoms with van der Waals surface area (Å²) in [5.41, 5.74) is 2.98. The van der Waals surface area contributed by atoms with Gasteiger partial charge in [0.15, 0.2) is 0 Å². The summed E-state index contributed by atoms with van der Waals surface area (Å²) in [4.78, 5) is 0.332. The smallest absolute Gasteiger partial charge is 0.122 e. The van der Waals surface area contributed by atoms with Crippen molar-refractivity contribution in [3.63, 3.8) is 0 Å². The number of benzene rings is 2. The molecule has 0 spiro atoms. The second-order valence-corrected chi connectivity index (χ2v) is 7.01. The van der Waals surface area contributed by atoms with Crippen LogP contribution in [0.1, 0.15) is 42.9 Å². The van der Waals surface area contributed by atoms with Crippen LogP contribution in [0.4, 0.5) is 0 Å². The predicted octanol–water partition coefficient (Wildman–Crippen LogP) is 5.53. The van der Waals surface area contributed by atoms with E-state index in [9.17, 15) is 8.76 Å². The summed E-state index contributed by atoms with van der Waals surface area (Å²) in [7, 11) is 0. The number of ether oxygens (including phenoxy) is 1. The largest absolute Gasteiger partial charge is 0.768 e. The molecule has 142 valence electrons. The fourth-order valence-electron chi connectivity index (χ4n) is 2.49. The SMILES string of the molecule is C=CCc1c(S(=O)[O-])ccc(OCCCCC)c1C.Cc1ccccc1. The zero-order valence-corrected chi connectivity index (χ0v) is 16.8. The summed E-state index contributed by atoms with van der Waals surface area (Å²) < 4.78 is 28.1. The highest BCUT2D eigenvalue weighted by atomic mass is 32.2. The van der Waals surface area contributed by atoms with Gasteiger partial charge in [-0.1, -0.05) is 61.7 Å². The number of aryl methyl sites for hydroxylation is 1. The van der Waals surface area contributed by atoms with Gasteiger partial charge >= 0.3 is 0 Å². The van der Waals surface area contributed by atoms with E-state index in [4.69, 9.17) is 4.74 Å². The van der Waals surface area contributed by atoms with Crippen molar-refractivity contribution in [1.29, 1.82) is 0 Å². The summed E-state index contributed by atoms with van der Waals surface area (Å²) in [6, 6.07) is 13.6. The summed E-state index contributed by atoms with van der Waals surface area (Å²) in [5.74, 6) is 0.766. The lowest BCUT2D eigenvalue weighted by Crippen LogP contribution is -2.04. The van der Waals surface area contributed by atoms with Crippen LogP contribution in [0, 0.1) is 13.8 Å². The first-order chi connectivity index (χ1) is 12.5. The third-order valence-corrected chi connectivity index (χ3v) is 4.72. The molecule has 0 N–H and O–H groups in total. The molecule has 0 saturated carbocycles. The van der Waals surface area contributed by atoms with E-state index in [-0.39, 0.29) is 0 Å². The van der Waals surface area contributed by atoms with Crippen molar-refractivity contribution in [1.82, 2.24) is 0 Å². The van der Waals surface area contributed by atoms with Gasteiger partial charge in [0.2, 0.25) is 0 Å². The highest BCUT2D eigenvalue weighted by Gasteiger charge is 2.10. The fraction of sp³-hybridized carbons (Fsp3) is 0.364. The molecule has 0 heterocycles. The second-order valence-electron chi connectivity index (χ2n) is 6.10. The van der Waals surface area contributed by atoms with E-state index >= 15 is 0 Å². The molecule has 2 rings (SSSR count). The maximum absolute atomic E-state index is 11.2. The predicted molar refractivity (Wildman–Crippen MR) is 108 cm³/mol. The van der Waals surface area contributed by atoms with Crippen LogP contribution in [-0.2, 0) is 17.5 Å². The van der Waals surface area contributed by atoms with Crippen molar-refractivity contribution in [2.24, 2.45) is 0 Å². The second kappa shape index (κ2) is 12.4. The van der Waals surface area contributed by atoms with Crippen LogP contribution in [0.5, 0.6) is 5.75 Å². The maximum Gasteiger partial charge on any atom is 0.122 e. The molecular formula is C22H29O3S-. The van der Waals surface area contributed by atoms with Gasteiger partial charge < -0.3 is 9.29 Å². The Bertz CT molecular complexity index is 696. The first kappa shape index (κ1) is 22.1. The summed E-state index contributed by atoms with van der Waals surface area (Å²) in [5, 5.41) is 0. The topological polar surface area (TPSA) is 49.4 Å². The Balaban J connectivity index is 0.000000401. The first-order valence-electron chi connectivity index (χ1n) is 8.98. The molecule has 2 aromatic carbocycles. The Morgan fingerprint density at radius 3 is 2.31 bits per heavy atom. The molecule has 0 amide bonds. The monoisotopic (exact) mass is 373 g/mol. The molecule has 0 aromatic heterocycles. The van der Waals surface area contributed by atoms with E-state index in [0.717, 1.165) is 36.1 Å². The van der Waals surface area contributed by atoms with Crippen molar-refractivity contribution in [2.45, 2.75) is 51.3 Å². The highest BCUT2D eigenvalue weighted by molar-refractivity contribution is 7.79. The number of hydrogen-bond donors (Lipinski definition) is 0. The van der Waals surface area contributed by atoms with Crippen molar-refractivity contribution in [3.8, 4) is 5.75 Å². The maximum atomic E-state index is 11.2. The van der Waals surface area contributed by atoms with Gasteiger partial charge in [-0.25, -0.2) is 0 Å². The van der Waals surface area contributed by atoms with Crippen molar-refractivity contribution in [3.05, 3.63) is 71.8 Å². The fourth-order valence-corrected chi connectivity index (χ4v) is 3.11. The lowest BCUT2D eigenvalue weighted by molar-refractivity contribution is 0.304. The minimum absolute atomic E-state index is 0.332. The van der Waals surface area contributed by atoms with Crippen molar-refractivity contribution in [2.75, 3.05) is 6.61 Å². The zero-order chi connectivity index (χ0) is 19.4. The van der Waals surface area contributed by atoms with Crippen LogP contribution in [-0.4, -0.2) is 15.4 Å². The molecular weight excluding hydrogens is 344 g/mol. The standard InChI is InChI=1S/C15H22O3S.C7H8/c1-4-6-7-11-18-14-9-10-15(19(16)17)13(8-5-2)12(14)3;1-7-5-3-2-4-6-7/h5,9-10H,2,4,6-8,11H2,1,3H3,(H,16,17);2-6H,1H3/p-1. The highest BCUT2D eigenvalue weighted by Crippen LogP contribution is 2.27. The quantitative estimate of drug-likeness (QED) is 0.347. The van der Waals surface area contributed by atoms with Gasteiger partial charge in [-0.2, -0.15) is 0 Å². The molecule has 0 fully saturated rings. The van der Waals surface area contributed by atoms with Crippen LogP contribution in [0.3, 0.4) is 0 Å². The van der Waals surface area contributed by atoms with Crippen LogP contribution in [0.2, 0.25) is 0 Å². The van der Waals surface area contributed by atoms with E-state index in [2.05, 4.69) is 32.6 Å². The molecule has 0 radical (unpaired) electrons. The van der Waals surface area contributed by atoms with Gasteiger partial charge in [-0.05, 0) is 61.0 Å². The molecule has 0 aliphatic rings. The minimum atomic E-state index is -2.22. The molecule has 4 heteroatoms. The van der Waals surface area contributed by atoms with Crippen LogP contribution in [0.25, 0.3) is 0 Å². The molecule has 26 heavy (non-hydrogen) atoms. The summed E-state index contributed by atoms with van der Waals surface area (Å²) >= 11 is -2.22. The number of unbranched alkanes of at least 4 members (excludes halogenated alkanes) is 2. The van der Waals surface area contributed by atoms with Gasteiger partial charge in [-0.15, -0.1) is 6.58 Å². The Morgan fingerprint density at radius 2 is 1.81 bits per heavy atom. The van der Waals surface area contributed by atoms with Gasteiger partial charge in [0, 0.05) is 4.90 Å². The van der Waals surface area contributed by atoms with E-state index in [1.54, 1.807) is 18.2 Å². The average molecular weight is 374 g/mol. The van der Waals surface area contributed by atoms with E-state index in [0.29, 0.717) is 17.9 Å². The van der Waals surface area contributed by atoms with Gasteiger partial charge in [0.25, 0.3) is 0 Å². The zero-order valence-electron chi connectivity index (χ0n) is 16.0. The van der Waals surface area contributed by atoms with Gasteiger partial charge in [0.1, 0.15) is 5.75 Å². The Morgan fingerprint density at radius 1 is 1.12 bits per heavy atom. The van der Waals surface area contributed by atoms with Crippen molar-refractivity contribution >= 4 is 11.1 Å². The third kappa shape index (κ3) is 7.54. The average Bonchev–Trinajstić information content (AvgIpc) is 2.62.